The predicted octanol–water partition coefficient (Wildman–Crippen LogP) is 4.59. The molecule has 0 N–H and O–H groups in total. The molecular weight excluding hydrogens is 322 g/mol. The number of ether oxygens (including phenoxy) is 1. The Morgan fingerprint density at radius 2 is 2.04 bits per heavy atom. The van der Waals surface area contributed by atoms with Gasteiger partial charge in [0.2, 0.25) is 0 Å². The van der Waals surface area contributed by atoms with Crippen LogP contribution in [-0.2, 0) is 4.79 Å². The maximum absolute atomic E-state index is 13.3. The van der Waals surface area contributed by atoms with E-state index < -0.39 is 0 Å². The maximum Gasteiger partial charge on any atom is 0.174 e. The van der Waals surface area contributed by atoms with Crippen molar-refractivity contribution >= 4 is 11.4 Å². The van der Waals surface area contributed by atoms with Crippen LogP contribution < -0.4 is 4.74 Å². The first kappa shape index (κ1) is 18.0. The lowest BCUT2D eigenvalue weighted by atomic mass is 9.83. The van der Waals surface area contributed by atoms with Crippen LogP contribution in [0.2, 0.25) is 0 Å². The lowest BCUT2D eigenvalue weighted by Gasteiger charge is -2.32. The maximum atomic E-state index is 13.3. The fourth-order valence-corrected chi connectivity index (χ4v) is 3.45. The summed E-state index contributed by atoms with van der Waals surface area (Å²) in [6.45, 7) is 9.85. The fraction of sp³-hybridized carbons (Fsp3) is 0.261. The molecule has 3 heteroatoms. The smallest absolute Gasteiger partial charge is 0.174 e. The van der Waals surface area contributed by atoms with E-state index in [0.29, 0.717) is 19.7 Å². The molecule has 0 bridgehead atoms. The molecule has 0 fully saturated rings. The normalized spacial score (nSPS) is 17.0. The first-order chi connectivity index (χ1) is 12.6. The van der Waals surface area contributed by atoms with Crippen molar-refractivity contribution in [2.45, 2.75) is 19.8 Å². The molecule has 134 valence electrons. The van der Waals surface area contributed by atoms with Crippen molar-refractivity contribution in [3.8, 4) is 5.75 Å². The van der Waals surface area contributed by atoms with Crippen LogP contribution in [0, 0.1) is 6.92 Å². The number of aryl methyl sites for hydroxylation is 1. The van der Waals surface area contributed by atoms with E-state index in [9.17, 15) is 4.79 Å². The standard InChI is InChI=1S/C23H25NO2/c1-4-13-24-15-21(18-10-8-11-19(14-18)26-5-2)23(25)22(16-24)20-12-7-6-9-17(20)3/h4,6-12,14-15,22H,1,5,13,16H2,2-3H3. The van der Waals surface area contributed by atoms with Gasteiger partial charge < -0.3 is 9.64 Å². The Labute approximate surface area is 155 Å². The quantitative estimate of drug-likeness (QED) is 0.716. The molecule has 3 rings (SSSR count). The molecule has 0 radical (unpaired) electrons. The Hall–Kier alpha value is -2.81. The highest BCUT2D eigenvalue weighted by Crippen LogP contribution is 2.33. The van der Waals surface area contributed by atoms with Crippen molar-refractivity contribution in [2.24, 2.45) is 0 Å². The van der Waals surface area contributed by atoms with Gasteiger partial charge >= 0.3 is 0 Å². The lowest BCUT2D eigenvalue weighted by molar-refractivity contribution is -0.115. The van der Waals surface area contributed by atoms with E-state index in [1.807, 2.05) is 55.6 Å². The molecule has 0 spiro atoms. The van der Waals surface area contributed by atoms with Gasteiger partial charge in [-0.05, 0) is 42.7 Å². The van der Waals surface area contributed by atoms with Gasteiger partial charge in [0, 0.05) is 24.9 Å². The molecule has 0 aliphatic carbocycles. The van der Waals surface area contributed by atoms with Crippen molar-refractivity contribution < 1.29 is 9.53 Å². The molecule has 1 aliphatic heterocycles. The second-order valence-corrected chi connectivity index (χ2v) is 6.52. The summed E-state index contributed by atoms with van der Waals surface area (Å²) in [7, 11) is 0. The summed E-state index contributed by atoms with van der Waals surface area (Å²) in [5.74, 6) is 0.771. The number of allylic oxidation sites excluding steroid dienone is 1. The highest BCUT2D eigenvalue weighted by Gasteiger charge is 2.31. The number of benzene rings is 2. The third-order valence-electron chi connectivity index (χ3n) is 4.69. The van der Waals surface area contributed by atoms with Crippen molar-refractivity contribution in [2.75, 3.05) is 19.7 Å². The Morgan fingerprint density at radius 3 is 2.77 bits per heavy atom. The van der Waals surface area contributed by atoms with Gasteiger partial charge in [-0.1, -0.05) is 42.5 Å². The van der Waals surface area contributed by atoms with E-state index >= 15 is 0 Å². The Balaban J connectivity index is 2.02. The van der Waals surface area contributed by atoms with Crippen LogP contribution in [-0.4, -0.2) is 30.4 Å². The van der Waals surface area contributed by atoms with E-state index in [4.69, 9.17) is 4.74 Å². The average molecular weight is 347 g/mol. The predicted molar refractivity (Wildman–Crippen MR) is 106 cm³/mol. The molecule has 2 aromatic carbocycles. The number of ketones is 1. The molecule has 0 saturated carbocycles. The van der Waals surface area contributed by atoms with Gasteiger partial charge in [0.05, 0.1) is 12.5 Å². The van der Waals surface area contributed by atoms with Crippen LogP contribution in [0.15, 0.2) is 67.4 Å². The van der Waals surface area contributed by atoms with Crippen molar-refractivity contribution in [3.63, 3.8) is 0 Å². The van der Waals surface area contributed by atoms with Gasteiger partial charge in [-0.3, -0.25) is 4.79 Å². The Bertz CT molecular complexity index is 838. The summed E-state index contributed by atoms with van der Waals surface area (Å²) in [6, 6.07) is 15.9. The number of Topliss-reactive ketones (excluding diaryl/α,β-unsaturated/α-hetero) is 1. The minimum atomic E-state index is -0.174. The monoisotopic (exact) mass is 347 g/mol. The number of rotatable bonds is 6. The molecule has 3 nitrogen and oxygen atoms in total. The van der Waals surface area contributed by atoms with Gasteiger partial charge in [-0.25, -0.2) is 0 Å². The SMILES string of the molecule is C=CCN1C=C(c2cccc(OCC)c2)C(=O)C(c2ccccc2C)C1. The lowest BCUT2D eigenvalue weighted by Crippen LogP contribution is -2.34. The number of hydrogen-bond donors (Lipinski definition) is 0. The number of carbonyl (C=O) groups excluding carboxylic acids is 1. The summed E-state index contributed by atoms with van der Waals surface area (Å²) in [6.07, 6.45) is 3.83. The molecule has 26 heavy (non-hydrogen) atoms. The van der Waals surface area contributed by atoms with Gasteiger partial charge in [-0.2, -0.15) is 0 Å². The molecule has 2 aromatic rings. The summed E-state index contributed by atoms with van der Waals surface area (Å²) in [4.78, 5) is 15.5. The minimum absolute atomic E-state index is 0.160. The van der Waals surface area contributed by atoms with Gasteiger partial charge in [-0.15, -0.1) is 6.58 Å². The van der Waals surface area contributed by atoms with Crippen molar-refractivity contribution in [1.82, 2.24) is 4.90 Å². The van der Waals surface area contributed by atoms with Gasteiger partial charge in [0.25, 0.3) is 0 Å². The number of nitrogens with zero attached hydrogens (tertiary/aromatic N) is 1. The first-order valence-electron chi connectivity index (χ1n) is 9.03. The molecule has 0 amide bonds. The molecule has 1 atom stereocenters. The zero-order valence-corrected chi connectivity index (χ0v) is 15.4. The zero-order chi connectivity index (χ0) is 18.5. The van der Waals surface area contributed by atoms with E-state index in [1.54, 1.807) is 0 Å². The van der Waals surface area contributed by atoms with Crippen molar-refractivity contribution in [3.05, 3.63) is 84.1 Å². The number of carbonyl (C=O) groups is 1. The molecule has 1 unspecified atom stereocenters. The Kier molecular flexibility index (Phi) is 5.57. The molecule has 0 saturated heterocycles. The van der Waals surface area contributed by atoms with E-state index in [-0.39, 0.29) is 11.7 Å². The molecular formula is C23H25NO2. The van der Waals surface area contributed by atoms with Crippen LogP contribution in [0.4, 0.5) is 0 Å². The Morgan fingerprint density at radius 1 is 1.23 bits per heavy atom. The highest BCUT2D eigenvalue weighted by molar-refractivity contribution is 6.24. The van der Waals surface area contributed by atoms with Crippen LogP contribution in [0.25, 0.3) is 5.57 Å². The second kappa shape index (κ2) is 8.05. The van der Waals surface area contributed by atoms with Crippen molar-refractivity contribution in [1.29, 1.82) is 0 Å². The summed E-state index contributed by atoms with van der Waals surface area (Å²) < 4.78 is 5.61. The second-order valence-electron chi connectivity index (χ2n) is 6.52. The van der Waals surface area contributed by atoms with Gasteiger partial charge in [0.1, 0.15) is 5.75 Å². The molecule has 0 aromatic heterocycles. The van der Waals surface area contributed by atoms with E-state index in [2.05, 4.69) is 30.5 Å². The summed E-state index contributed by atoms with van der Waals surface area (Å²) in [5, 5.41) is 0. The van der Waals surface area contributed by atoms with Gasteiger partial charge in [0.15, 0.2) is 5.78 Å². The average Bonchev–Trinajstić information content (AvgIpc) is 2.64. The minimum Gasteiger partial charge on any atom is -0.494 e. The zero-order valence-electron chi connectivity index (χ0n) is 15.4. The topological polar surface area (TPSA) is 29.5 Å². The van der Waals surface area contributed by atoms with E-state index in [1.165, 1.54) is 0 Å². The van der Waals surface area contributed by atoms with Crippen LogP contribution in [0.1, 0.15) is 29.5 Å². The fourth-order valence-electron chi connectivity index (χ4n) is 3.45. The van der Waals surface area contributed by atoms with Crippen LogP contribution in [0.3, 0.4) is 0 Å². The third-order valence-corrected chi connectivity index (χ3v) is 4.69. The molecule has 1 heterocycles. The van der Waals surface area contributed by atoms with E-state index in [0.717, 1.165) is 28.0 Å². The summed E-state index contributed by atoms with van der Waals surface area (Å²) >= 11 is 0. The summed E-state index contributed by atoms with van der Waals surface area (Å²) in [5.41, 5.74) is 3.87. The molecule has 1 aliphatic rings. The highest BCUT2D eigenvalue weighted by atomic mass is 16.5. The van der Waals surface area contributed by atoms with Crippen LogP contribution >= 0.6 is 0 Å². The first-order valence-corrected chi connectivity index (χ1v) is 9.03. The third kappa shape index (κ3) is 3.72. The van der Waals surface area contributed by atoms with Crippen LogP contribution in [0.5, 0.6) is 5.75 Å². The number of hydrogen-bond acceptors (Lipinski definition) is 3. The largest absolute Gasteiger partial charge is 0.494 e.